The van der Waals surface area contributed by atoms with Crippen molar-refractivity contribution in [1.29, 1.82) is 0 Å². The van der Waals surface area contributed by atoms with Crippen LogP contribution in [0.1, 0.15) is 27.4 Å². The third-order valence-electron chi connectivity index (χ3n) is 4.69. The summed E-state index contributed by atoms with van der Waals surface area (Å²) in [4.78, 5) is 23.7. The molecule has 0 fully saturated rings. The van der Waals surface area contributed by atoms with E-state index in [-0.39, 0.29) is 11.7 Å². The van der Waals surface area contributed by atoms with E-state index in [1.807, 2.05) is 35.7 Å². The van der Waals surface area contributed by atoms with E-state index >= 15 is 0 Å². The van der Waals surface area contributed by atoms with Crippen LogP contribution in [0.3, 0.4) is 0 Å². The van der Waals surface area contributed by atoms with E-state index < -0.39 is 0 Å². The second-order valence-electron chi connectivity index (χ2n) is 6.71. The molecule has 0 unspecified atom stereocenters. The van der Waals surface area contributed by atoms with Gasteiger partial charge in [-0.3, -0.25) is 9.78 Å². The van der Waals surface area contributed by atoms with Crippen molar-refractivity contribution in [2.45, 2.75) is 20.4 Å². The summed E-state index contributed by atoms with van der Waals surface area (Å²) in [6, 6.07) is 11.9. The van der Waals surface area contributed by atoms with E-state index in [0.717, 1.165) is 17.0 Å². The van der Waals surface area contributed by atoms with Crippen LogP contribution in [0.15, 0.2) is 48.7 Å². The third kappa shape index (κ3) is 3.03. The number of imidazole rings is 1. The van der Waals surface area contributed by atoms with Gasteiger partial charge in [0.25, 0.3) is 5.91 Å². The molecule has 0 atom stereocenters. The standard InChI is InChI=1S/C21H19FN4O/c1-13-10-17(16-8-7-15(22)11-18(16)23-13)21(27)25(3)12-19-14(2)24-20-6-4-5-9-26(19)20/h4-11H,12H2,1-3H3. The number of carbonyl (C=O) groups is 1. The van der Waals surface area contributed by atoms with Gasteiger partial charge in [0.15, 0.2) is 0 Å². The molecule has 0 aliphatic rings. The first-order valence-electron chi connectivity index (χ1n) is 8.69. The number of carbonyl (C=O) groups excluding carboxylic acids is 1. The summed E-state index contributed by atoms with van der Waals surface area (Å²) in [5, 5.41) is 0.647. The van der Waals surface area contributed by atoms with Gasteiger partial charge in [0.1, 0.15) is 11.5 Å². The van der Waals surface area contributed by atoms with Crippen molar-refractivity contribution in [3.63, 3.8) is 0 Å². The maximum Gasteiger partial charge on any atom is 0.254 e. The number of benzene rings is 1. The minimum atomic E-state index is -0.367. The van der Waals surface area contributed by atoms with Crippen molar-refractivity contribution in [3.8, 4) is 0 Å². The van der Waals surface area contributed by atoms with E-state index in [0.29, 0.717) is 28.7 Å². The summed E-state index contributed by atoms with van der Waals surface area (Å²) in [6.45, 7) is 4.16. The maximum absolute atomic E-state index is 13.6. The van der Waals surface area contributed by atoms with Gasteiger partial charge in [0.2, 0.25) is 0 Å². The SMILES string of the molecule is Cc1cc(C(=O)N(C)Cc2c(C)nc3ccccn23)c2ccc(F)cc2n1. The molecule has 4 rings (SSSR count). The molecule has 6 heteroatoms. The van der Waals surface area contributed by atoms with E-state index in [9.17, 15) is 9.18 Å². The Morgan fingerprint density at radius 3 is 2.78 bits per heavy atom. The number of halogens is 1. The molecule has 0 aliphatic heterocycles. The minimum absolute atomic E-state index is 0.137. The fourth-order valence-electron chi connectivity index (χ4n) is 3.37. The minimum Gasteiger partial charge on any atom is -0.336 e. The molecule has 1 aromatic carbocycles. The van der Waals surface area contributed by atoms with E-state index in [1.54, 1.807) is 31.0 Å². The topological polar surface area (TPSA) is 50.5 Å². The predicted octanol–water partition coefficient (Wildman–Crippen LogP) is 3.91. The number of amides is 1. The molecule has 0 N–H and O–H groups in total. The number of pyridine rings is 2. The fraction of sp³-hybridized carbons (Fsp3) is 0.190. The zero-order chi connectivity index (χ0) is 19.1. The number of fused-ring (bicyclic) bond motifs is 2. The summed E-state index contributed by atoms with van der Waals surface area (Å²) in [7, 11) is 1.76. The van der Waals surface area contributed by atoms with Crippen LogP contribution in [0.2, 0.25) is 0 Å². The molecule has 0 aliphatic carbocycles. The number of nitrogens with zero attached hydrogens (tertiary/aromatic N) is 4. The lowest BCUT2D eigenvalue weighted by Crippen LogP contribution is -2.27. The van der Waals surface area contributed by atoms with Crippen molar-refractivity contribution >= 4 is 22.5 Å². The van der Waals surface area contributed by atoms with Crippen LogP contribution >= 0.6 is 0 Å². The number of aromatic nitrogens is 3. The second-order valence-corrected chi connectivity index (χ2v) is 6.71. The summed E-state index contributed by atoms with van der Waals surface area (Å²) in [6.07, 6.45) is 1.94. The number of hydrogen-bond acceptors (Lipinski definition) is 3. The molecule has 0 spiro atoms. The van der Waals surface area contributed by atoms with Crippen LogP contribution in [0.5, 0.6) is 0 Å². The Morgan fingerprint density at radius 1 is 1.15 bits per heavy atom. The van der Waals surface area contributed by atoms with E-state index in [4.69, 9.17) is 0 Å². The molecule has 0 bridgehead atoms. The Labute approximate surface area is 156 Å². The third-order valence-corrected chi connectivity index (χ3v) is 4.69. The van der Waals surface area contributed by atoms with Gasteiger partial charge in [0, 0.05) is 30.4 Å². The van der Waals surface area contributed by atoms with Crippen LogP contribution < -0.4 is 0 Å². The van der Waals surface area contributed by atoms with Crippen molar-refractivity contribution in [2.24, 2.45) is 0 Å². The molecule has 5 nitrogen and oxygen atoms in total. The molecular weight excluding hydrogens is 343 g/mol. The van der Waals surface area contributed by atoms with Gasteiger partial charge in [0.05, 0.1) is 29.0 Å². The number of aryl methyl sites for hydroxylation is 2. The van der Waals surface area contributed by atoms with Gasteiger partial charge in [-0.15, -0.1) is 0 Å². The van der Waals surface area contributed by atoms with Gasteiger partial charge in [-0.05, 0) is 44.2 Å². The van der Waals surface area contributed by atoms with E-state index in [1.165, 1.54) is 12.1 Å². The van der Waals surface area contributed by atoms with Crippen molar-refractivity contribution in [2.75, 3.05) is 7.05 Å². The average Bonchev–Trinajstić information content (AvgIpc) is 2.95. The molecule has 3 heterocycles. The largest absolute Gasteiger partial charge is 0.336 e. The molecule has 27 heavy (non-hydrogen) atoms. The second kappa shape index (κ2) is 6.46. The highest BCUT2D eigenvalue weighted by atomic mass is 19.1. The monoisotopic (exact) mass is 362 g/mol. The molecule has 0 saturated heterocycles. The first-order chi connectivity index (χ1) is 12.9. The normalized spacial score (nSPS) is 11.3. The van der Waals surface area contributed by atoms with Crippen molar-refractivity contribution < 1.29 is 9.18 Å². The molecular formula is C21H19FN4O. The van der Waals surface area contributed by atoms with Gasteiger partial charge in [-0.1, -0.05) is 6.07 Å². The Bertz CT molecular complexity index is 1180. The smallest absolute Gasteiger partial charge is 0.254 e. The van der Waals surface area contributed by atoms with Crippen LogP contribution in [-0.4, -0.2) is 32.2 Å². The average molecular weight is 362 g/mol. The summed E-state index contributed by atoms with van der Waals surface area (Å²) >= 11 is 0. The molecule has 3 aromatic heterocycles. The molecule has 1 amide bonds. The zero-order valence-electron chi connectivity index (χ0n) is 15.4. The molecule has 0 saturated carbocycles. The van der Waals surface area contributed by atoms with Gasteiger partial charge < -0.3 is 9.30 Å². The van der Waals surface area contributed by atoms with E-state index in [2.05, 4.69) is 9.97 Å². The Morgan fingerprint density at radius 2 is 1.96 bits per heavy atom. The lowest BCUT2D eigenvalue weighted by atomic mass is 10.1. The lowest BCUT2D eigenvalue weighted by Gasteiger charge is -2.19. The number of hydrogen-bond donors (Lipinski definition) is 0. The highest BCUT2D eigenvalue weighted by Gasteiger charge is 2.19. The Hall–Kier alpha value is -3.28. The molecule has 0 radical (unpaired) electrons. The Kier molecular flexibility index (Phi) is 4.11. The fourth-order valence-corrected chi connectivity index (χ4v) is 3.37. The lowest BCUT2D eigenvalue weighted by molar-refractivity contribution is 0.0784. The summed E-state index contributed by atoms with van der Waals surface area (Å²) in [5.41, 5.74) is 4.38. The van der Waals surface area contributed by atoms with Crippen LogP contribution in [0.25, 0.3) is 16.6 Å². The zero-order valence-corrected chi connectivity index (χ0v) is 15.4. The van der Waals surface area contributed by atoms with Gasteiger partial charge in [-0.2, -0.15) is 0 Å². The Balaban J connectivity index is 1.72. The summed E-state index contributed by atoms with van der Waals surface area (Å²) < 4.78 is 15.5. The predicted molar refractivity (Wildman–Crippen MR) is 102 cm³/mol. The van der Waals surface area contributed by atoms with Crippen molar-refractivity contribution in [3.05, 3.63) is 77.1 Å². The van der Waals surface area contributed by atoms with Crippen LogP contribution in [-0.2, 0) is 6.54 Å². The number of rotatable bonds is 3. The highest BCUT2D eigenvalue weighted by molar-refractivity contribution is 6.06. The molecule has 4 aromatic rings. The first-order valence-corrected chi connectivity index (χ1v) is 8.69. The van der Waals surface area contributed by atoms with Gasteiger partial charge >= 0.3 is 0 Å². The van der Waals surface area contributed by atoms with Crippen LogP contribution in [0.4, 0.5) is 4.39 Å². The highest BCUT2D eigenvalue weighted by Crippen LogP contribution is 2.22. The quantitative estimate of drug-likeness (QED) is 0.555. The van der Waals surface area contributed by atoms with Crippen LogP contribution in [0, 0.1) is 19.7 Å². The first kappa shape index (κ1) is 17.1. The van der Waals surface area contributed by atoms with Gasteiger partial charge in [-0.25, -0.2) is 9.37 Å². The summed E-state index contributed by atoms with van der Waals surface area (Å²) in [5.74, 6) is -0.504. The maximum atomic E-state index is 13.6. The molecule has 136 valence electrons. The van der Waals surface area contributed by atoms with Crippen molar-refractivity contribution in [1.82, 2.24) is 19.3 Å².